The maximum Gasteiger partial charge on any atom is 0.324 e. The van der Waals surface area contributed by atoms with Crippen molar-refractivity contribution in [3.05, 3.63) is 29.3 Å². The van der Waals surface area contributed by atoms with Gasteiger partial charge in [0.05, 0.1) is 25.7 Å². The molecule has 1 saturated heterocycles. The third kappa shape index (κ3) is 4.93. The quantitative estimate of drug-likeness (QED) is 0.537. The minimum atomic E-state index is -3.43. The molecule has 0 saturated carbocycles. The van der Waals surface area contributed by atoms with Crippen LogP contribution >= 0.6 is 11.3 Å². The second-order valence-corrected chi connectivity index (χ2v) is 9.81. The first-order chi connectivity index (χ1) is 14.4. The van der Waals surface area contributed by atoms with E-state index in [9.17, 15) is 13.2 Å². The Balaban J connectivity index is 1.65. The fourth-order valence-electron chi connectivity index (χ4n) is 3.40. The normalized spacial score (nSPS) is 17.1. The lowest BCUT2D eigenvalue weighted by Gasteiger charge is -2.22. The maximum atomic E-state index is 12.5. The molecule has 0 spiro atoms. The fraction of sp³-hybridized carbons (Fsp3) is 0.500. The lowest BCUT2D eigenvalue weighted by molar-refractivity contribution is -0.148. The van der Waals surface area contributed by atoms with Gasteiger partial charge >= 0.3 is 5.97 Å². The van der Waals surface area contributed by atoms with Gasteiger partial charge in [-0.25, -0.2) is 13.4 Å². The summed E-state index contributed by atoms with van der Waals surface area (Å²) < 4.78 is 42.0. The minimum Gasteiger partial charge on any atom is -0.493 e. The Bertz CT molecular complexity index is 989. The number of hydrogen-bond donors (Lipinski definition) is 0. The summed E-state index contributed by atoms with van der Waals surface area (Å²) in [6, 6.07) is 4.78. The molecule has 0 amide bonds. The highest BCUT2D eigenvalue weighted by Crippen LogP contribution is 2.33. The molecule has 30 heavy (non-hydrogen) atoms. The van der Waals surface area contributed by atoms with Crippen molar-refractivity contribution < 1.29 is 27.4 Å². The fourth-order valence-corrected chi connectivity index (χ4v) is 5.94. The maximum absolute atomic E-state index is 12.5. The Morgan fingerprint density at radius 1 is 1.27 bits per heavy atom. The number of methoxy groups -OCH3 is 2. The minimum absolute atomic E-state index is 0.000782. The van der Waals surface area contributed by atoms with Crippen LogP contribution in [0.25, 0.3) is 10.6 Å². The van der Waals surface area contributed by atoms with Crippen molar-refractivity contribution in [1.82, 2.24) is 9.29 Å². The molecule has 1 aliphatic rings. The Morgan fingerprint density at radius 2 is 2.03 bits per heavy atom. The number of carbonyl (C=O) groups excluding carboxylic acids is 1. The molecule has 0 aliphatic carbocycles. The van der Waals surface area contributed by atoms with Crippen LogP contribution < -0.4 is 9.47 Å². The highest BCUT2D eigenvalue weighted by Gasteiger charge is 2.39. The van der Waals surface area contributed by atoms with Gasteiger partial charge in [0, 0.05) is 17.5 Å². The van der Waals surface area contributed by atoms with E-state index < -0.39 is 22.0 Å². The first kappa shape index (κ1) is 22.5. The van der Waals surface area contributed by atoms with Gasteiger partial charge in [-0.1, -0.05) is 6.92 Å². The van der Waals surface area contributed by atoms with Gasteiger partial charge in [0.25, 0.3) is 0 Å². The summed E-state index contributed by atoms with van der Waals surface area (Å²) >= 11 is 1.43. The SMILES string of the molecule is CCCS(=O)(=O)N1CCCC1C(=O)OCc1csc(-c2ccc(OC)c(OC)c2)n1. The van der Waals surface area contributed by atoms with Gasteiger partial charge in [-0.15, -0.1) is 11.3 Å². The van der Waals surface area contributed by atoms with E-state index in [0.29, 0.717) is 43.0 Å². The van der Waals surface area contributed by atoms with Gasteiger partial charge in [-0.05, 0) is 37.5 Å². The number of hydrogen-bond acceptors (Lipinski definition) is 8. The van der Waals surface area contributed by atoms with Crippen LogP contribution in [0.1, 0.15) is 31.9 Å². The molecule has 3 rings (SSSR count). The van der Waals surface area contributed by atoms with Crippen molar-refractivity contribution in [3.8, 4) is 22.1 Å². The first-order valence-corrected chi connectivity index (χ1v) is 12.2. The van der Waals surface area contributed by atoms with Crippen molar-refractivity contribution in [2.45, 2.75) is 38.8 Å². The van der Waals surface area contributed by atoms with Crippen molar-refractivity contribution in [2.75, 3.05) is 26.5 Å². The molecule has 0 N–H and O–H groups in total. The molecule has 1 aliphatic heterocycles. The predicted molar refractivity (Wildman–Crippen MR) is 114 cm³/mol. The van der Waals surface area contributed by atoms with Crippen molar-refractivity contribution in [2.24, 2.45) is 0 Å². The molecule has 0 bridgehead atoms. The predicted octanol–water partition coefficient (Wildman–Crippen LogP) is 3.07. The lowest BCUT2D eigenvalue weighted by Crippen LogP contribution is -2.42. The van der Waals surface area contributed by atoms with Crippen LogP contribution in [0.3, 0.4) is 0 Å². The summed E-state index contributed by atoms with van der Waals surface area (Å²) in [5.74, 6) is 0.754. The van der Waals surface area contributed by atoms with E-state index in [4.69, 9.17) is 14.2 Å². The lowest BCUT2D eigenvalue weighted by atomic mass is 10.2. The number of esters is 1. The first-order valence-electron chi connectivity index (χ1n) is 9.72. The van der Waals surface area contributed by atoms with Gasteiger partial charge in [0.15, 0.2) is 11.5 Å². The van der Waals surface area contributed by atoms with Crippen LogP contribution in [0.4, 0.5) is 0 Å². The topological polar surface area (TPSA) is 95.0 Å². The molecular formula is C20H26N2O6S2. The Kier molecular flexibility index (Phi) is 7.32. The number of benzene rings is 1. The van der Waals surface area contributed by atoms with Gasteiger partial charge in [-0.2, -0.15) is 4.31 Å². The Labute approximate surface area is 180 Å². The summed E-state index contributed by atoms with van der Waals surface area (Å²) in [6.45, 7) is 2.17. The Morgan fingerprint density at radius 3 is 2.73 bits per heavy atom. The van der Waals surface area contributed by atoms with Gasteiger partial charge in [-0.3, -0.25) is 4.79 Å². The molecule has 1 unspecified atom stereocenters. The average molecular weight is 455 g/mol. The number of rotatable bonds is 9. The average Bonchev–Trinajstić information content (AvgIpc) is 3.41. The Hall–Kier alpha value is -2.17. The number of aromatic nitrogens is 1. The van der Waals surface area contributed by atoms with E-state index in [2.05, 4.69) is 4.98 Å². The van der Waals surface area contributed by atoms with E-state index in [-0.39, 0.29) is 12.4 Å². The summed E-state index contributed by atoms with van der Waals surface area (Å²) in [6.07, 6.45) is 1.65. The summed E-state index contributed by atoms with van der Waals surface area (Å²) in [5.41, 5.74) is 1.47. The molecular weight excluding hydrogens is 428 g/mol. The van der Waals surface area contributed by atoms with Crippen LogP contribution in [-0.2, 0) is 26.2 Å². The molecule has 2 aromatic rings. The van der Waals surface area contributed by atoms with Gasteiger partial charge in [0.2, 0.25) is 10.0 Å². The van der Waals surface area contributed by atoms with Crippen LogP contribution in [0.2, 0.25) is 0 Å². The monoisotopic (exact) mass is 454 g/mol. The number of carbonyl (C=O) groups is 1. The van der Waals surface area contributed by atoms with Crippen molar-refractivity contribution in [3.63, 3.8) is 0 Å². The standard InChI is InChI=1S/C20H26N2O6S2/c1-4-10-30(24,25)22-9-5-6-16(22)20(23)28-12-15-13-29-19(21-15)14-7-8-17(26-2)18(11-14)27-3/h7-8,11,13,16H,4-6,9-10,12H2,1-3H3. The second-order valence-electron chi connectivity index (χ2n) is 6.91. The molecule has 1 aromatic carbocycles. The van der Waals surface area contributed by atoms with Crippen LogP contribution in [0, 0.1) is 0 Å². The molecule has 10 heteroatoms. The number of ether oxygens (including phenoxy) is 3. The number of sulfonamides is 1. The molecule has 8 nitrogen and oxygen atoms in total. The highest BCUT2D eigenvalue weighted by molar-refractivity contribution is 7.89. The number of nitrogens with zero attached hydrogens (tertiary/aromatic N) is 2. The van der Waals surface area contributed by atoms with Crippen LogP contribution in [-0.4, -0.2) is 56.2 Å². The number of thiazole rings is 1. The summed E-state index contributed by atoms with van der Waals surface area (Å²) in [7, 11) is -0.288. The third-order valence-corrected chi connectivity index (χ3v) is 7.86. The third-order valence-electron chi connectivity index (χ3n) is 4.84. The van der Waals surface area contributed by atoms with Crippen molar-refractivity contribution in [1.29, 1.82) is 0 Å². The largest absolute Gasteiger partial charge is 0.493 e. The zero-order valence-electron chi connectivity index (χ0n) is 17.3. The van der Waals surface area contributed by atoms with Crippen molar-refractivity contribution >= 4 is 27.3 Å². The molecule has 1 atom stereocenters. The van der Waals surface area contributed by atoms with E-state index in [0.717, 1.165) is 10.6 Å². The van der Waals surface area contributed by atoms with E-state index in [1.165, 1.54) is 15.6 Å². The zero-order chi connectivity index (χ0) is 21.7. The molecule has 2 heterocycles. The second kappa shape index (κ2) is 9.76. The smallest absolute Gasteiger partial charge is 0.324 e. The molecule has 1 aromatic heterocycles. The van der Waals surface area contributed by atoms with E-state index in [1.54, 1.807) is 27.2 Å². The van der Waals surface area contributed by atoms with Gasteiger partial charge < -0.3 is 14.2 Å². The van der Waals surface area contributed by atoms with E-state index in [1.807, 2.05) is 17.5 Å². The van der Waals surface area contributed by atoms with Crippen LogP contribution in [0.5, 0.6) is 11.5 Å². The zero-order valence-corrected chi connectivity index (χ0v) is 18.9. The molecule has 0 radical (unpaired) electrons. The highest BCUT2D eigenvalue weighted by atomic mass is 32.2. The molecule has 164 valence electrons. The molecule has 1 fully saturated rings. The van der Waals surface area contributed by atoms with E-state index >= 15 is 0 Å². The van der Waals surface area contributed by atoms with Crippen LogP contribution in [0.15, 0.2) is 23.6 Å². The summed E-state index contributed by atoms with van der Waals surface area (Å²) in [5, 5.41) is 2.58. The summed E-state index contributed by atoms with van der Waals surface area (Å²) in [4.78, 5) is 17.0. The van der Waals surface area contributed by atoms with Gasteiger partial charge in [0.1, 0.15) is 17.7 Å².